The summed E-state index contributed by atoms with van der Waals surface area (Å²) in [7, 11) is 0. The first-order valence-corrected chi connectivity index (χ1v) is 10.3. The van der Waals surface area contributed by atoms with Crippen LogP contribution in [0.4, 0.5) is 10.1 Å². The van der Waals surface area contributed by atoms with Crippen LogP contribution in [0.2, 0.25) is 0 Å². The number of halogens is 1. The lowest BCUT2D eigenvalue weighted by molar-refractivity contribution is -0.138. The normalized spacial score (nSPS) is 28.9. The van der Waals surface area contributed by atoms with E-state index >= 15 is 0 Å². The molecule has 2 heterocycles. The van der Waals surface area contributed by atoms with E-state index < -0.39 is 0 Å². The molecule has 0 spiro atoms. The molecule has 0 bridgehead atoms. The summed E-state index contributed by atoms with van der Waals surface area (Å²) in [6.45, 7) is 6.22. The summed E-state index contributed by atoms with van der Waals surface area (Å²) in [4.78, 5) is 17.5. The topological polar surface area (TPSA) is 23.6 Å². The summed E-state index contributed by atoms with van der Waals surface area (Å²) < 4.78 is 13.8. The molecule has 3 aliphatic rings. The van der Waals surface area contributed by atoms with Crippen LogP contribution < -0.4 is 4.90 Å². The van der Waals surface area contributed by atoms with Crippen molar-refractivity contribution >= 4 is 11.6 Å². The fourth-order valence-electron chi connectivity index (χ4n) is 5.72. The number of likely N-dealkylation sites (tertiary alicyclic amines) is 1. The van der Waals surface area contributed by atoms with Gasteiger partial charge in [-0.25, -0.2) is 4.39 Å². The molecule has 0 unspecified atom stereocenters. The third kappa shape index (κ3) is 3.23. The minimum atomic E-state index is -0.174. The average molecular weight is 359 g/mol. The van der Waals surface area contributed by atoms with Crippen molar-refractivity contribution in [2.75, 3.05) is 18.0 Å². The molecule has 0 N–H and O–H groups in total. The highest BCUT2D eigenvalue weighted by molar-refractivity contribution is 5.79. The van der Waals surface area contributed by atoms with Gasteiger partial charge < -0.3 is 9.80 Å². The van der Waals surface area contributed by atoms with E-state index in [-0.39, 0.29) is 17.3 Å². The van der Waals surface area contributed by atoms with E-state index in [4.69, 9.17) is 0 Å². The highest BCUT2D eigenvalue weighted by Crippen LogP contribution is 2.45. The number of amides is 1. The minimum Gasteiger partial charge on any atom is -0.363 e. The Bertz CT molecular complexity index is 668. The summed E-state index contributed by atoms with van der Waals surface area (Å²) in [6, 6.07) is 7.39. The molecule has 1 saturated carbocycles. The highest BCUT2D eigenvalue weighted by atomic mass is 19.1. The van der Waals surface area contributed by atoms with Gasteiger partial charge in [-0.1, -0.05) is 25.3 Å². The van der Waals surface area contributed by atoms with E-state index in [1.165, 1.54) is 25.3 Å². The van der Waals surface area contributed by atoms with Crippen molar-refractivity contribution in [3.05, 3.63) is 30.1 Å². The third-order valence-corrected chi connectivity index (χ3v) is 6.79. The van der Waals surface area contributed by atoms with Gasteiger partial charge in [0.15, 0.2) is 0 Å². The van der Waals surface area contributed by atoms with Crippen molar-refractivity contribution in [1.29, 1.82) is 0 Å². The van der Waals surface area contributed by atoms with E-state index in [9.17, 15) is 9.18 Å². The Hall–Kier alpha value is -1.58. The van der Waals surface area contributed by atoms with Gasteiger partial charge in [0, 0.05) is 36.3 Å². The van der Waals surface area contributed by atoms with Crippen LogP contribution in [-0.4, -0.2) is 35.5 Å². The zero-order valence-corrected chi connectivity index (χ0v) is 16.1. The molecular formula is C22H31FN2O. The molecule has 1 aliphatic carbocycles. The van der Waals surface area contributed by atoms with Crippen molar-refractivity contribution in [2.24, 2.45) is 11.8 Å². The van der Waals surface area contributed by atoms with Gasteiger partial charge in [-0.05, 0) is 63.6 Å². The Morgan fingerprint density at radius 3 is 2.65 bits per heavy atom. The van der Waals surface area contributed by atoms with Gasteiger partial charge in [0.2, 0.25) is 5.91 Å². The van der Waals surface area contributed by atoms with Crippen LogP contribution in [-0.2, 0) is 4.79 Å². The second-order valence-corrected chi connectivity index (χ2v) is 9.10. The zero-order chi connectivity index (χ0) is 18.3. The van der Waals surface area contributed by atoms with Crippen molar-refractivity contribution in [3.63, 3.8) is 0 Å². The molecule has 4 heteroatoms. The van der Waals surface area contributed by atoms with Crippen LogP contribution in [0.3, 0.4) is 0 Å². The fourth-order valence-corrected chi connectivity index (χ4v) is 5.72. The van der Waals surface area contributed by atoms with E-state index in [2.05, 4.69) is 23.6 Å². The van der Waals surface area contributed by atoms with Gasteiger partial charge in [-0.15, -0.1) is 0 Å². The monoisotopic (exact) mass is 358 g/mol. The summed E-state index contributed by atoms with van der Waals surface area (Å²) in [5, 5.41) is 0. The average Bonchev–Trinajstić information content (AvgIpc) is 2.90. The summed E-state index contributed by atoms with van der Waals surface area (Å²) in [5.74, 6) is 0.959. The molecule has 2 aliphatic heterocycles. The second-order valence-electron chi connectivity index (χ2n) is 9.10. The SMILES string of the molecule is CC1(C)C[C@@H]2CN(C(=O)C3CCCCC3)CC[C@@H]2N1c1cccc(F)c1. The van der Waals surface area contributed by atoms with Gasteiger partial charge in [-0.2, -0.15) is 0 Å². The number of piperidine rings is 1. The minimum absolute atomic E-state index is 0.00692. The predicted molar refractivity (Wildman–Crippen MR) is 103 cm³/mol. The number of benzene rings is 1. The lowest BCUT2D eigenvalue weighted by Crippen LogP contribution is -2.51. The maximum absolute atomic E-state index is 13.8. The lowest BCUT2D eigenvalue weighted by Gasteiger charge is -2.42. The quantitative estimate of drug-likeness (QED) is 0.771. The van der Waals surface area contributed by atoms with Gasteiger partial charge in [0.05, 0.1) is 0 Å². The van der Waals surface area contributed by atoms with Crippen molar-refractivity contribution < 1.29 is 9.18 Å². The molecule has 3 fully saturated rings. The number of anilines is 1. The predicted octanol–water partition coefficient (Wildman–Crippen LogP) is 4.61. The van der Waals surface area contributed by atoms with Crippen LogP contribution in [0.25, 0.3) is 0 Å². The third-order valence-electron chi connectivity index (χ3n) is 6.79. The summed E-state index contributed by atoms with van der Waals surface area (Å²) in [6.07, 6.45) is 7.89. The van der Waals surface area contributed by atoms with Gasteiger partial charge >= 0.3 is 0 Å². The van der Waals surface area contributed by atoms with Crippen LogP contribution in [0.5, 0.6) is 0 Å². The maximum atomic E-state index is 13.8. The Morgan fingerprint density at radius 1 is 1.15 bits per heavy atom. The highest BCUT2D eigenvalue weighted by Gasteiger charge is 2.49. The Labute approximate surface area is 156 Å². The number of rotatable bonds is 2. The lowest BCUT2D eigenvalue weighted by atomic mass is 9.85. The molecule has 2 atom stereocenters. The van der Waals surface area contributed by atoms with E-state index in [0.29, 0.717) is 17.9 Å². The van der Waals surface area contributed by atoms with Crippen LogP contribution >= 0.6 is 0 Å². The number of fused-ring (bicyclic) bond motifs is 1. The maximum Gasteiger partial charge on any atom is 0.225 e. The number of hydrogen-bond donors (Lipinski definition) is 0. The van der Waals surface area contributed by atoms with Gasteiger partial charge in [0.1, 0.15) is 5.82 Å². The van der Waals surface area contributed by atoms with E-state index in [1.807, 2.05) is 6.07 Å². The molecule has 2 saturated heterocycles. The van der Waals surface area contributed by atoms with E-state index in [0.717, 1.165) is 44.5 Å². The Morgan fingerprint density at radius 2 is 1.92 bits per heavy atom. The number of carbonyl (C=O) groups is 1. The number of carbonyl (C=O) groups excluding carboxylic acids is 1. The molecule has 3 nitrogen and oxygen atoms in total. The molecule has 1 aromatic rings. The van der Waals surface area contributed by atoms with Gasteiger partial charge in [0.25, 0.3) is 0 Å². The van der Waals surface area contributed by atoms with Crippen LogP contribution in [0.1, 0.15) is 58.8 Å². The standard InChI is InChI=1S/C22H31FN2O/c1-22(2)14-17-15-24(21(26)16-7-4-3-5-8-16)12-11-20(17)25(22)19-10-6-9-18(23)13-19/h6,9-10,13,16-17,20H,3-5,7-8,11-12,14-15H2,1-2H3/t17-,20+/m1/s1. The second kappa shape index (κ2) is 6.86. The molecule has 1 amide bonds. The first kappa shape index (κ1) is 17.8. The zero-order valence-electron chi connectivity index (χ0n) is 16.1. The van der Waals surface area contributed by atoms with E-state index in [1.54, 1.807) is 12.1 Å². The Kier molecular flexibility index (Phi) is 4.70. The first-order chi connectivity index (χ1) is 12.5. The molecule has 142 valence electrons. The van der Waals surface area contributed by atoms with Crippen molar-refractivity contribution in [1.82, 2.24) is 4.90 Å². The largest absolute Gasteiger partial charge is 0.363 e. The molecule has 26 heavy (non-hydrogen) atoms. The van der Waals surface area contributed by atoms with Crippen LogP contribution in [0, 0.1) is 17.7 Å². The van der Waals surface area contributed by atoms with Crippen LogP contribution in [0.15, 0.2) is 24.3 Å². The molecule has 0 aromatic heterocycles. The molecule has 4 rings (SSSR count). The number of hydrogen-bond acceptors (Lipinski definition) is 2. The fraction of sp³-hybridized carbons (Fsp3) is 0.682. The molecule has 1 aromatic carbocycles. The smallest absolute Gasteiger partial charge is 0.225 e. The first-order valence-electron chi connectivity index (χ1n) is 10.3. The summed E-state index contributed by atoms with van der Waals surface area (Å²) in [5.41, 5.74) is 0.974. The molecule has 0 radical (unpaired) electrons. The van der Waals surface area contributed by atoms with Gasteiger partial charge in [-0.3, -0.25) is 4.79 Å². The van der Waals surface area contributed by atoms with Crippen molar-refractivity contribution in [2.45, 2.75) is 70.4 Å². The summed E-state index contributed by atoms with van der Waals surface area (Å²) >= 11 is 0. The molecular weight excluding hydrogens is 327 g/mol. The number of nitrogens with zero attached hydrogens (tertiary/aromatic N) is 2. The van der Waals surface area contributed by atoms with Crippen molar-refractivity contribution in [3.8, 4) is 0 Å². The Balaban J connectivity index is 1.50.